The van der Waals surface area contributed by atoms with Gasteiger partial charge < -0.3 is 0 Å². The maximum atomic E-state index is 13.4. The summed E-state index contributed by atoms with van der Waals surface area (Å²) in [6, 6.07) is 5.87. The molecule has 4 heteroatoms. The van der Waals surface area contributed by atoms with Gasteiger partial charge in [0.15, 0.2) is 5.13 Å². The number of fused-ring (bicyclic) bond motifs is 1. The van der Waals surface area contributed by atoms with Crippen molar-refractivity contribution in [2.75, 3.05) is 6.26 Å². The van der Waals surface area contributed by atoms with Crippen LogP contribution in [-0.2, 0) is 5.88 Å². The van der Waals surface area contributed by atoms with Crippen LogP contribution < -0.4 is 0 Å². The molecule has 0 saturated carbocycles. The van der Waals surface area contributed by atoms with Gasteiger partial charge in [-0.05, 0) is 18.4 Å². The van der Waals surface area contributed by atoms with E-state index in [0.717, 1.165) is 15.0 Å². The van der Waals surface area contributed by atoms with Gasteiger partial charge in [-0.2, -0.15) is 4.39 Å². The van der Waals surface area contributed by atoms with E-state index in [4.69, 9.17) is 11.6 Å². The molecule has 0 spiro atoms. The minimum atomic E-state index is -0.156. The van der Waals surface area contributed by atoms with Crippen molar-refractivity contribution in [3.05, 3.63) is 28.9 Å². The van der Waals surface area contributed by atoms with E-state index in [1.807, 2.05) is 24.5 Å². The lowest BCUT2D eigenvalue weighted by molar-refractivity contribution is 0.648. The molecule has 0 nitrogen and oxygen atoms in total. The lowest BCUT2D eigenvalue weighted by Gasteiger charge is -2.00. The summed E-state index contributed by atoms with van der Waals surface area (Å²) in [4.78, 5) is 1.10. The van der Waals surface area contributed by atoms with Crippen LogP contribution in [-0.4, -0.2) is 6.26 Å². The summed E-state index contributed by atoms with van der Waals surface area (Å²) >= 11 is 8.53. The normalized spacial score (nSPS) is 11.1. The van der Waals surface area contributed by atoms with Crippen LogP contribution in [0.25, 0.3) is 10.1 Å². The van der Waals surface area contributed by atoms with Gasteiger partial charge in [0.2, 0.25) is 0 Å². The van der Waals surface area contributed by atoms with Gasteiger partial charge in [0.25, 0.3) is 0 Å². The van der Waals surface area contributed by atoms with E-state index in [2.05, 4.69) is 0 Å². The van der Waals surface area contributed by atoms with Gasteiger partial charge >= 0.3 is 0 Å². The van der Waals surface area contributed by atoms with Crippen LogP contribution in [0.3, 0.4) is 0 Å². The Hall–Kier alpha value is -0.250. The zero-order valence-electron chi connectivity index (χ0n) is 7.51. The van der Waals surface area contributed by atoms with Crippen molar-refractivity contribution in [1.29, 1.82) is 0 Å². The predicted molar refractivity (Wildman–Crippen MR) is 63.1 cm³/mol. The highest BCUT2D eigenvalue weighted by atomic mass is 35.5. The second-order valence-electron chi connectivity index (χ2n) is 2.82. The zero-order chi connectivity index (χ0) is 10.1. The monoisotopic (exact) mass is 246 g/mol. The van der Waals surface area contributed by atoms with Crippen molar-refractivity contribution in [2.45, 2.75) is 10.8 Å². The first-order valence-electron chi connectivity index (χ1n) is 4.07. The summed E-state index contributed by atoms with van der Waals surface area (Å²) in [5.74, 6) is 0.239. The highest BCUT2D eigenvalue weighted by molar-refractivity contribution is 7.98. The first-order valence-corrected chi connectivity index (χ1v) is 6.65. The largest absolute Gasteiger partial charge is 0.195 e. The van der Waals surface area contributed by atoms with Crippen LogP contribution in [0.4, 0.5) is 4.39 Å². The van der Waals surface area contributed by atoms with Gasteiger partial charge in [0.1, 0.15) is 0 Å². The average Bonchev–Trinajstić information content (AvgIpc) is 2.52. The summed E-state index contributed by atoms with van der Waals surface area (Å²) < 4.78 is 14.4. The molecule has 0 unspecified atom stereocenters. The summed E-state index contributed by atoms with van der Waals surface area (Å²) in [6.07, 6.45) is 1.99. The highest BCUT2D eigenvalue weighted by Gasteiger charge is 2.13. The van der Waals surface area contributed by atoms with Crippen LogP contribution in [0.5, 0.6) is 0 Å². The molecular weight excluding hydrogens is 239 g/mol. The van der Waals surface area contributed by atoms with Gasteiger partial charge in [-0.15, -0.1) is 34.7 Å². The van der Waals surface area contributed by atoms with E-state index in [9.17, 15) is 4.39 Å². The fourth-order valence-electron chi connectivity index (χ4n) is 1.44. The number of benzene rings is 1. The molecule has 0 aliphatic carbocycles. The first kappa shape index (κ1) is 10.3. The minimum absolute atomic E-state index is 0.156. The Morgan fingerprint density at radius 2 is 2.29 bits per heavy atom. The van der Waals surface area contributed by atoms with Gasteiger partial charge in [0, 0.05) is 20.5 Å². The number of hydrogen-bond donors (Lipinski definition) is 0. The van der Waals surface area contributed by atoms with Crippen LogP contribution in [0.2, 0.25) is 0 Å². The molecule has 74 valence electrons. The molecule has 2 aromatic rings. The van der Waals surface area contributed by atoms with E-state index in [-0.39, 0.29) is 11.0 Å². The molecule has 0 fully saturated rings. The van der Waals surface area contributed by atoms with Crippen LogP contribution >= 0.6 is 34.7 Å². The SMILES string of the molecule is CSc1cccc2sc(F)c(CCl)c12. The number of thioether (sulfide) groups is 1. The molecule has 0 bridgehead atoms. The molecule has 1 aromatic heterocycles. The van der Waals surface area contributed by atoms with Crippen molar-refractivity contribution < 1.29 is 4.39 Å². The fraction of sp³-hybridized carbons (Fsp3) is 0.200. The summed E-state index contributed by atoms with van der Waals surface area (Å²) in [6.45, 7) is 0. The number of halogens is 2. The van der Waals surface area contributed by atoms with Crippen LogP contribution in [0.1, 0.15) is 5.56 Å². The highest BCUT2D eigenvalue weighted by Crippen LogP contribution is 2.36. The molecule has 0 amide bonds. The maximum Gasteiger partial charge on any atom is 0.182 e. The van der Waals surface area contributed by atoms with Gasteiger partial charge in [0.05, 0.1) is 5.88 Å². The Morgan fingerprint density at radius 3 is 2.93 bits per heavy atom. The van der Waals surface area contributed by atoms with Crippen molar-refractivity contribution >= 4 is 44.8 Å². The van der Waals surface area contributed by atoms with E-state index >= 15 is 0 Å². The summed E-state index contributed by atoms with van der Waals surface area (Å²) in [5.41, 5.74) is 0.636. The average molecular weight is 247 g/mol. The van der Waals surface area contributed by atoms with E-state index < -0.39 is 0 Å². The van der Waals surface area contributed by atoms with Crippen molar-refractivity contribution in [1.82, 2.24) is 0 Å². The smallest absolute Gasteiger partial charge is 0.182 e. The lowest BCUT2D eigenvalue weighted by atomic mass is 10.2. The topological polar surface area (TPSA) is 0 Å². The van der Waals surface area contributed by atoms with Crippen molar-refractivity contribution in [3.63, 3.8) is 0 Å². The number of thiophene rings is 1. The number of alkyl halides is 1. The van der Waals surface area contributed by atoms with Gasteiger partial charge in [-0.25, -0.2) is 0 Å². The second-order valence-corrected chi connectivity index (χ2v) is 4.94. The quantitative estimate of drug-likeness (QED) is 0.555. The molecule has 0 aliphatic rings. The molecule has 0 atom stereocenters. The molecule has 2 rings (SSSR count). The molecule has 0 saturated heterocycles. The lowest BCUT2D eigenvalue weighted by Crippen LogP contribution is -1.80. The Morgan fingerprint density at radius 1 is 1.50 bits per heavy atom. The van der Waals surface area contributed by atoms with Gasteiger partial charge in [-0.3, -0.25) is 0 Å². The third-order valence-electron chi connectivity index (χ3n) is 2.08. The third kappa shape index (κ3) is 1.53. The molecule has 14 heavy (non-hydrogen) atoms. The van der Waals surface area contributed by atoms with E-state index in [1.165, 1.54) is 11.3 Å². The summed E-state index contributed by atoms with van der Waals surface area (Å²) in [5, 5.41) is 0.828. The predicted octanol–water partition coefficient (Wildman–Crippen LogP) is 4.50. The van der Waals surface area contributed by atoms with E-state index in [1.54, 1.807) is 11.8 Å². The van der Waals surface area contributed by atoms with Crippen molar-refractivity contribution in [2.24, 2.45) is 0 Å². The van der Waals surface area contributed by atoms with Crippen LogP contribution in [0.15, 0.2) is 23.1 Å². The number of hydrogen-bond acceptors (Lipinski definition) is 2. The Balaban J connectivity index is 2.82. The zero-order valence-corrected chi connectivity index (χ0v) is 9.90. The van der Waals surface area contributed by atoms with Crippen LogP contribution in [0, 0.1) is 5.13 Å². The Kier molecular flexibility index (Phi) is 3.00. The molecule has 1 aromatic carbocycles. The first-order chi connectivity index (χ1) is 6.77. The second kappa shape index (κ2) is 4.09. The molecule has 0 radical (unpaired) electrons. The molecule has 0 aliphatic heterocycles. The number of rotatable bonds is 2. The maximum absolute atomic E-state index is 13.4. The van der Waals surface area contributed by atoms with E-state index in [0.29, 0.717) is 5.56 Å². The standard InChI is InChI=1S/C10H8ClFS2/c1-13-7-3-2-4-8-9(7)6(5-11)10(12)14-8/h2-4H,5H2,1H3. The molecule has 0 N–H and O–H groups in total. The summed E-state index contributed by atoms with van der Waals surface area (Å²) in [7, 11) is 0. The van der Waals surface area contributed by atoms with Gasteiger partial charge in [-0.1, -0.05) is 6.07 Å². The molecular formula is C10H8ClFS2. The fourth-order valence-corrected chi connectivity index (χ4v) is 3.46. The minimum Gasteiger partial charge on any atom is -0.195 e. The Bertz CT molecular complexity index is 464. The van der Waals surface area contributed by atoms with Crippen molar-refractivity contribution in [3.8, 4) is 0 Å². The molecule has 1 heterocycles. The third-order valence-corrected chi connectivity index (χ3v) is 4.11. The Labute approximate surface area is 95.1 Å².